The van der Waals surface area contributed by atoms with Gasteiger partial charge in [0.2, 0.25) is 0 Å². The first kappa shape index (κ1) is 22.4. The molecule has 0 aromatic rings. The standard InChI is InChI=1S/C25H34O6/c1-7-12(2)22(29)31-11-15-9-16-18-17(23(18,5)6)8-14(4)24(21(16)28)10-13(3)19(26)25(24,30)20(15)27/h7,9-10,14,16-20,26-27,30H,8,11H2,1-6H3/b12-7-/t14-,16+,17-,18?,19+,20-,24+,25-/m1/s1. The molecule has 2 saturated carbocycles. The highest BCUT2D eigenvalue weighted by Gasteiger charge is 2.75. The number of aliphatic hydroxyl groups excluding tert-OH is 2. The van der Waals surface area contributed by atoms with E-state index in [2.05, 4.69) is 13.8 Å². The van der Waals surface area contributed by atoms with E-state index in [-0.39, 0.29) is 35.2 Å². The Kier molecular flexibility index (Phi) is 4.97. The summed E-state index contributed by atoms with van der Waals surface area (Å²) in [5.74, 6) is -1.04. The van der Waals surface area contributed by atoms with Gasteiger partial charge in [0.05, 0.1) is 5.41 Å². The maximum atomic E-state index is 14.1. The molecule has 31 heavy (non-hydrogen) atoms. The first-order valence-corrected chi connectivity index (χ1v) is 11.2. The third kappa shape index (κ3) is 2.68. The van der Waals surface area contributed by atoms with Gasteiger partial charge in [0.1, 0.15) is 24.4 Å². The Balaban J connectivity index is 1.84. The van der Waals surface area contributed by atoms with Crippen LogP contribution in [0.1, 0.15) is 48.0 Å². The maximum absolute atomic E-state index is 14.1. The normalized spacial score (nSPS) is 45.6. The molecule has 0 amide bonds. The average Bonchev–Trinajstić information content (AvgIpc) is 3.22. The molecule has 0 aromatic heterocycles. The van der Waals surface area contributed by atoms with Gasteiger partial charge >= 0.3 is 5.97 Å². The van der Waals surface area contributed by atoms with E-state index < -0.39 is 35.1 Å². The molecule has 4 rings (SSSR count). The molecule has 2 fully saturated rings. The Bertz CT molecular complexity index is 926. The Hall–Kier alpha value is -1.76. The van der Waals surface area contributed by atoms with Gasteiger partial charge in [-0.2, -0.15) is 0 Å². The Morgan fingerprint density at radius 2 is 1.94 bits per heavy atom. The Labute approximate surface area is 183 Å². The van der Waals surface area contributed by atoms with Crippen molar-refractivity contribution in [1.82, 2.24) is 0 Å². The topological polar surface area (TPSA) is 104 Å². The summed E-state index contributed by atoms with van der Waals surface area (Å²) in [5.41, 5.74) is -2.32. The summed E-state index contributed by atoms with van der Waals surface area (Å²) in [6.07, 6.45) is 2.87. The van der Waals surface area contributed by atoms with Crippen molar-refractivity contribution in [3.8, 4) is 0 Å². The molecule has 0 aromatic carbocycles. The summed E-state index contributed by atoms with van der Waals surface area (Å²) in [5, 5.41) is 34.3. The molecular weight excluding hydrogens is 396 g/mol. The molecular formula is C25H34O6. The van der Waals surface area contributed by atoms with Crippen LogP contribution < -0.4 is 0 Å². The fourth-order valence-corrected chi connectivity index (χ4v) is 6.80. The smallest absolute Gasteiger partial charge is 0.333 e. The Morgan fingerprint density at radius 1 is 1.29 bits per heavy atom. The molecule has 0 aliphatic heterocycles. The number of esters is 1. The van der Waals surface area contributed by atoms with E-state index in [0.29, 0.717) is 17.1 Å². The van der Waals surface area contributed by atoms with Crippen molar-refractivity contribution in [2.24, 2.45) is 34.5 Å². The lowest BCUT2D eigenvalue weighted by molar-refractivity contribution is -0.190. The number of rotatable bonds is 3. The zero-order valence-corrected chi connectivity index (χ0v) is 19.2. The molecule has 3 N–H and O–H groups in total. The summed E-state index contributed by atoms with van der Waals surface area (Å²) in [6, 6.07) is 0. The monoisotopic (exact) mass is 430 g/mol. The predicted molar refractivity (Wildman–Crippen MR) is 115 cm³/mol. The van der Waals surface area contributed by atoms with Gasteiger partial charge in [-0.15, -0.1) is 0 Å². The van der Waals surface area contributed by atoms with E-state index >= 15 is 0 Å². The lowest BCUT2D eigenvalue weighted by atomic mass is 9.59. The van der Waals surface area contributed by atoms with Crippen LogP contribution >= 0.6 is 0 Å². The van der Waals surface area contributed by atoms with Gasteiger partial charge in [-0.1, -0.05) is 39.0 Å². The molecule has 1 spiro atoms. The summed E-state index contributed by atoms with van der Waals surface area (Å²) in [7, 11) is 0. The molecule has 1 unspecified atom stereocenters. The summed E-state index contributed by atoms with van der Waals surface area (Å²) in [4.78, 5) is 26.3. The third-order valence-corrected chi connectivity index (χ3v) is 8.87. The lowest BCUT2D eigenvalue weighted by Gasteiger charge is -2.48. The van der Waals surface area contributed by atoms with Crippen molar-refractivity contribution in [3.05, 3.63) is 34.9 Å². The number of hydrogen-bond acceptors (Lipinski definition) is 6. The highest BCUT2D eigenvalue weighted by atomic mass is 16.5. The van der Waals surface area contributed by atoms with Gasteiger partial charge in [-0.25, -0.2) is 4.79 Å². The number of allylic oxidation sites excluding steroid dienone is 2. The fraction of sp³-hybridized carbons (Fsp3) is 0.680. The largest absolute Gasteiger partial charge is 0.458 e. The Morgan fingerprint density at radius 3 is 2.55 bits per heavy atom. The number of Topliss-reactive ketones (excluding diaryl/α,β-unsaturated/α-hetero) is 1. The predicted octanol–water partition coefficient (Wildman–Crippen LogP) is 2.33. The molecule has 4 aliphatic carbocycles. The van der Waals surface area contributed by atoms with Crippen molar-refractivity contribution in [3.63, 3.8) is 0 Å². The molecule has 6 heteroatoms. The molecule has 2 bridgehead atoms. The van der Waals surface area contributed by atoms with Crippen LogP contribution in [0.5, 0.6) is 0 Å². The zero-order valence-electron chi connectivity index (χ0n) is 19.2. The van der Waals surface area contributed by atoms with Crippen LogP contribution in [0.25, 0.3) is 0 Å². The van der Waals surface area contributed by atoms with Crippen molar-refractivity contribution in [1.29, 1.82) is 0 Å². The van der Waals surface area contributed by atoms with E-state index in [0.717, 1.165) is 6.42 Å². The van der Waals surface area contributed by atoms with Gasteiger partial charge in [0.15, 0.2) is 5.78 Å². The van der Waals surface area contributed by atoms with E-state index in [1.807, 2.05) is 6.92 Å². The minimum absolute atomic E-state index is 0.0284. The van der Waals surface area contributed by atoms with Crippen molar-refractivity contribution >= 4 is 11.8 Å². The molecule has 8 atom stereocenters. The van der Waals surface area contributed by atoms with Crippen LogP contribution in [-0.4, -0.2) is 51.5 Å². The van der Waals surface area contributed by atoms with Gasteiger partial charge in [0, 0.05) is 11.5 Å². The number of aliphatic hydroxyl groups is 3. The van der Waals surface area contributed by atoms with Crippen LogP contribution in [0, 0.1) is 34.5 Å². The number of carbonyl (C=O) groups is 2. The van der Waals surface area contributed by atoms with E-state index in [4.69, 9.17) is 4.74 Å². The fourth-order valence-electron chi connectivity index (χ4n) is 6.80. The van der Waals surface area contributed by atoms with Crippen LogP contribution in [0.4, 0.5) is 0 Å². The third-order valence-electron chi connectivity index (χ3n) is 8.87. The average molecular weight is 431 g/mol. The summed E-state index contributed by atoms with van der Waals surface area (Å²) < 4.78 is 5.40. The number of carbonyl (C=O) groups excluding carboxylic acids is 2. The molecule has 4 aliphatic rings. The van der Waals surface area contributed by atoms with E-state index in [1.165, 1.54) is 0 Å². The van der Waals surface area contributed by atoms with Crippen LogP contribution in [0.3, 0.4) is 0 Å². The first-order valence-electron chi connectivity index (χ1n) is 11.2. The van der Waals surface area contributed by atoms with Crippen molar-refractivity contribution in [2.45, 2.75) is 65.8 Å². The van der Waals surface area contributed by atoms with Gasteiger partial charge in [0.25, 0.3) is 0 Å². The van der Waals surface area contributed by atoms with Crippen LogP contribution in [0.2, 0.25) is 0 Å². The van der Waals surface area contributed by atoms with E-state index in [1.54, 1.807) is 39.0 Å². The van der Waals surface area contributed by atoms with Crippen molar-refractivity contribution < 1.29 is 29.6 Å². The van der Waals surface area contributed by atoms with Gasteiger partial charge in [-0.05, 0) is 61.5 Å². The number of hydrogen-bond donors (Lipinski definition) is 3. The van der Waals surface area contributed by atoms with Crippen molar-refractivity contribution in [2.75, 3.05) is 6.61 Å². The lowest BCUT2D eigenvalue weighted by Crippen LogP contribution is -2.65. The minimum Gasteiger partial charge on any atom is -0.458 e. The molecule has 6 nitrogen and oxygen atoms in total. The second-order valence-electron chi connectivity index (χ2n) is 10.7. The summed E-state index contributed by atoms with van der Waals surface area (Å²) >= 11 is 0. The SMILES string of the molecule is C/C=C(/C)C(=O)OCC1=C[C@@H]2C(=O)[C@]3(C=C(C)[C@H](O)[C@@]3(O)[C@@H]1O)[C@H](C)C[C@@H]1C2C1(C)C. The molecule has 0 heterocycles. The molecule has 0 radical (unpaired) electrons. The number of fused-ring (bicyclic) bond motifs is 3. The maximum Gasteiger partial charge on any atom is 0.333 e. The zero-order chi connectivity index (χ0) is 23.1. The van der Waals surface area contributed by atoms with Gasteiger partial charge in [-0.3, -0.25) is 4.79 Å². The number of ether oxygens (including phenoxy) is 1. The second kappa shape index (κ2) is 6.87. The number of ketones is 1. The highest BCUT2D eigenvalue weighted by molar-refractivity contribution is 5.95. The summed E-state index contributed by atoms with van der Waals surface area (Å²) in [6.45, 7) is 11.0. The van der Waals surface area contributed by atoms with Crippen LogP contribution in [0.15, 0.2) is 34.9 Å². The minimum atomic E-state index is -2.10. The van der Waals surface area contributed by atoms with E-state index in [9.17, 15) is 24.9 Å². The molecule has 170 valence electrons. The molecule has 0 saturated heterocycles. The quantitative estimate of drug-likeness (QED) is 0.361. The highest BCUT2D eigenvalue weighted by Crippen LogP contribution is 2.71. The first-order chi connectivity index (χ1) is 14.4. The van der Waals surface area contributed by atoms with Crippen LogP contribution in [-0.2, 0) is 14.3 Å². The second-order valence-corrected chi connectivity index (χ2v) is 10.7. The van der Waals surface area contributed by atoms with Gasteiger partial charge < -0.3 is 20.1 Å².